The van der Waals surface area contributed by atoms with Crippen LogP contribution in [-0.2, 0) is 9.53 Å². The largest absolute Gasteiger partial charge is 0.466 e. The van der Waals surface area contributed by atoms with Crippen LogP contribution in [0.3, 0.4) is 0 Å². The molecule has 4 heteroatoms. The van der Waals surface area contributed by atoms with E-state index in [1.54, 1.807) is 0 Å². The molecule has 0 fully saturated rings. The molecule has 0 radical (unpaired) electrons. The number of halogens is 1. The number of benzene rings is 1. The van der Waals surface area contributed by atoms with Crippen LogP contribution in [0, 0.1) is 5.82 Å². The molecule has 0 unspecified atom stereocenters. The molecule has 0 saturated carbocycles. The Morgan fingerprint density at radius 1 is 1.40 bits per heavy atom. The summed E-state index contributed by atoms with van der Waals surface area (Å²) in [5.41, 5.74) is 0.131. The van der Waals surface area contributed by atoms with Gasteiger partial charge in [0.15, 0.2) is 6.29 Å². The van der Waals surface area contributed by atoms with Crippen LogP contribution in [0.1, 0.15) is 15.9 Å². The van der Waals surface area contributed by atoms with E-state index < -0.39 is 11.8 Å². The molecular formula is C11H9FO3. The molecular weight excluding hydrogens is 199 g/mol. The van der Waals surface area contributed by atoms with Crippen molar-refractivity contribution >= 4 is 18.3 Å². The Bertz CT molecular complexity index is 410. The number of hydrogen-bond acceptors (Lipinski definition) is 3. The summed E-state index contributed by atoms with van der Waals surface area (Å²) in [5, 5.41) is 0. The van der Waals surface area contributed by atoms with Gasteiger partial charge < -0.3 is 4.74 Å². The fourth-order valence-corrected chi connectivity index (χ4v) is 1.01. The van der Waals surface area contributed by atoms with Gasteiger partial charge in [-0.15, -0.1) is 0 Å². The number of carbonyl (C=O) groups excluding carboxylic acids is 2. The van der Waals surface area contributed by atoms with Gasteiger partial charge >= 0.3 is 5.97 Å². The first-order valence-electron chi connectivity index (χ1n) is 4.18. The summed E-state index contributed by atoms with van der Waals surface area (Å²) in [4.78, 5) is 21.2. The zero-order chi connectivity index (χ0) is 11.3. The van der Waals surface area contributed by atoms with Crippen molar-refractivity contribution in [1.29, 1.82) is 0 Å². The molecule has 1 aromatic carbocycles. The predicted molar refractivity (Wildman–Crippen MR) is 52.8 cm³/mol. The molecule has 0 N–H and O–H groups in total. The Balaban J connectivity index is 3.00. The normalized spacial score (nSPS) is 10.3. The van der Waals surface area contributed by atoms with Gasteiger partial charge in [0, 0.05) is 11.6 Å². The van der Waals surface area contributed by atoms with Gasteiger partial charge in [0.25, 0.3) is 0 Å². The van der Waals surface area contributed by atoms with Gasteiger partial charge in [-0.2, -0.15) is 0 Å². The van der Waals surface area contributed by atoms with Gasteiger partial charge in [-0.1, -0.05) is 12.1 Å². The Morgan fingerprint density at radius 2 is 2.07 bits per heavy atom. The fourth-order valence-electron chi connectivity index (χ4n) is 1.01. The number of carbonyl (C=O) groups is 2. The van der Waals surface area contributed by atoms with Crippen LogP contribution in [0.5, 0.6) is 0 Å². The molecule has 0 bridgehead atoms. The third kappa shape index (κ3) is 2.74. The Labute approximate surface area is 86.2 Å². The molecule has 0 aliphatic heterocycles. The van der Waals surface area contributed by atoms with Crippen molar-refractivity contribution in [3.63, 3.8) is 0 Å². The van der Waals surface area contributed by atoms with Crippen LogP contribution < -0.4 is 0 Å². The lowest BCUT2D eigenvalue weighted by Crippen LogP contribution is -1.95. The average molecular weight is 208 g/mol. The molecule has 0 saturated heterocycles. The lowest BCUT2D eigenvalue weighted by molar-refractivity contribution is -0.134. The van der Waals surface area contributed by atoms with Crippen LogP contribution in [0.15, 0.2) is 24.3 Å². The van der Waals surface area contributed by atoms with Crippen molar-refractivity contribution < 1.29 is 18.7 Å². The van der Waals surface area contributed by atoms with E-state index in [0.29, 0.717) is 6.29 Å². The fraction of sp³-hybridized carbons (Fsp3) is 0.0909. The molecule has 0 aliphatic rings. The van der Waals surface area contributed by atoms with Crippen molar-refractivity contribution in [2.75, 3.05) is 7.11 Å². The molecule has 1 rings (SSSR count). The van der Waals surface area contributed by atoms with E-state index in [4.69, 9.17) is 0 Å². The van der Waals surface area contributed by atoms with Gasteiger partial charge in [0.1, 0.15) is 5.82 Å². The van der Waals surface area contributed by atoms with E-state index in [-0.39, 0.29) is 11.1 Å². The molecule has 1 aromatic rings. The number of methoxy groups -OCH3 is 1. The van der Waals surface area contributed by atoms with Crippen molar-refractivity contribution in [3.05, 3.63) is 41.2 Å². The van der Waals surface area contributed by atoms with Gasteiger partial charge in [0.05, 0.1) is 12.7 Å². The number of aldehydes is 1. The Hall–Kier alpha value is -1.97. The third-order valence-corrected chi connectivity index (χ3v) is 1.79. The standard InChI is InChI=1S/C11H9FO3/c1-15-10(14)6-5-8-3-2-4-9(7-13)11(8)12/h2-7H,1H3. The Kier molecular flexibility index (Phi) is 3.74. The first kappa shape index (κ1) is 11.1. The summed E-state index contributed by atoms with van der Waals surface area (Å²) in [6.45, 7) is 0. The smallest absolute Gasteiger partial charge is 0.330 e. The van der Waals surface area contributed by atoms with Crippen LogP contribution in [0.25, 0.3) is 6.08 Å². The van der Waals surface area contributed by atoms with Crippen molar-refractivity contribution in [1.82, 2.24) is 0 Å². The van der Waals surface area contributed by atoms with Crippen LogP contribution in [0.4, 0.5) is 4.39 Å². The molecule has 3 nitrogen and oxygen atoms in total. The minimum absolute atomic E-state index is 0.0398. The number of hydrogen-bond donors (Lipinski definition) is 0. The van der Waals surface area contributed by atoms with Gasteiger partial charge in [-0.05, 0) is 12.1 Å². The van der Waals surface area contributed by atoms with E-state index >= 15 is 0 Å². The van der Waals surface area contributed by atoms with Gasteiger partial charge in [0.2, 0.25) is 0 Å². The second-order valence-electron chi connectivity index (χ2n) is 2.72. The van der Waals surface area contributed by atoms with E-state index in [1.165, 1.54) is 31.4 Å². The minimum Gasteiger partial charge on any atom is -0.466 e. The van der Waals surface area contributed by atoms with Crippen molar-refractivity contribution in [3.8, 4) is 0 Å². The molecule has 0 amide bonds. The molecule has 0 heterocycles. The highest BCUT2D eigenvalue weighted by Gasteiger charge is 2.04. The monoisotopic (exact) mass is 208 g/mol. The summed E-state index contributed by atoms with van der Waals surface area (Å²) in [6, 6.07) is 4.35. The summed E-state index contributed by atoms with van der Waals surface area (Å²) in [5.74, 6) is -1.22. The summed E-state index contributed by atoms with van der Waals surface area (Å²) in [7, 11) is 1.23. The molecule has 78 valence electrons. The Morgan fingerprint density at radius 3 is 2.67 bits per heavy atom. The highest BCUT2D eigenvalue weighted by Crippen LogP contribution is 2.12. The maximum absolute atomic E-state index is 13.4. The van der Waals surface area contributed by atoms with E-state index in [2.05, 4.69) is 4.74 Å². The quantitative estimate of drug-likeness (QED) is 0.432. The lowest BCUT2D eigenvalue weighted by atomic mass is 10.1. The van der Waals surface area contributed by atoms with Crippen molar-refractivity contribution in [2.24, 2.45) is 0 Å². The van der Waals surface area contributed by atoms with E-state index in [1.807, 2.05) is 0 Å². The highest BCUT2D eigenvalue weighted by molar-refractivity contribution is 5.87. The van der Waals surface area contributed by atoms with Crippen LogP contribution in [-0.4, -0.2) is 19.4 Å². The lowest BCUT2D eigenvalue weighted by Gasteiger charge is -1.98. The molecule has 0 spiro atoms. The summed E-state index contributed by atoms with van der Waals surface area (Å²) < 4.78 is 17.7. The summed E-state index contributed by atoms with van der Waals surface area (Å²) >= 11 is 0. The number of rotatable bonds is 3. The molecule has 15 heavy (non-hydrogen) atoms. The minimum atomic E-state index is -0.646. The van der Waals surface area contributed by atoms with E-state index in [9.17, 15) is 14.0 Å². The predicted octanol–water partition coefficient (Wildman–Crippen LogP) is 1.82. The highest BCUT2D eigenvalue weighted by atomic mass is 19.1. The summed E-state index contributed by atoms with van der Waals surface area (Å²) in [6.07, 6.45) is 2.77. The van der Waals surface area contributed by atoms with E-state index in [0.717, 1.165) is 6.08 Å². The maximum atomic E-state index is 13.4. The maximum Gasteiger partial charge on any atom is 0.330 e. The SMILES string of the molecule is COC(=O)C=Cc1cccc(C=O)c1F. The zero-order valence-corrected chi connectivity index (χ0v) is 8.07. The molecule has 0 atom stereocenters. The second-order valence-corrected chi connectivity index (χ2v) is 2.72. The average Bonchev–Trinajstić information content (AvgIpc) is 2.27. The third-order valence-electron chi connectivity index (χ3n) is 1.79. The first-order valence-corrected chi connectivity index (χ1v) is 4.18. The molecule has 0 aromatic heterocycles. The van der Waals surface area contributed by atoms with Crippen molar-refractivity contribution in [2.45, 2.75) is 0 Å². The van der Waals surface area contributed by atoms with Gasteiger partial charge in [-0.25, -0.2) is 9.18 Å². The van der Waals surface area contributed by atoms with Crippen LogP contribution in [0.2, 0.25) is 0 Å². The number of esters is 1. The van der Waals surface area contributed by atoms with Crippen LogP contribution >= 0.6 is 0 Å². The molecule has 0 aliphatic carbocycles. The van der Waals surface area contributed by atoms with Gasteiger partial charge in [-0.3, -0.25) is 4.79 Å². The zero-order valence-electron chi connectivity index (χ0n) is 8.07. The first-order chi connectivity index (χ1) is 7.19. The topological polar surface area (TPSA) is 43.4 Å². The number of ether oxygens (including phenoxy) is 1. The second kappa shape index (κ2) is 5.05.